The maximum Gasteiger partial charge on any atom is 0.0136 e. The van der Waals surface area contributed by atoms with E-state index < -0.39 is 0 Å². The van der Waals surface area contributed by atoms with Crippen LogP contribution in [0.5, 0.6) is 0 Å². The quantitative estimate of drug-likeness (QED) is 0.698. The lowest BCUT2D eigenvalue weighted by Crippen LogP contribution is -2.51. The van der Waals surface area contributed by atoms with Crippen LogP contribution in [-0.2, 0) is 0 Å². The van der Waals surface area contributed by atoms with Crippen molar-refractivity contribution < 1.29 is 0 Å². The minimum absolute atomic E-state index is 0.424. The van der Waals surface area contributed by atoms with E-state index in [4.69, 9.17) is 0 Å². The summed E-state index contributed by atoms with van der Waals surface area (Å²) in [5.41, 5.74) is 0.424. The highest BCUT2D eigenvalue weighted by molar-refractivity contribution is 5.13. The summed E-state index contributed by atoms with van der Waals surface area (Å²) in [7, 11) is 0. The van der Waals surface area contributed by atoms with Crippen LogP contribution in [0.25, 0.3) is 0 Å². The topological polar surface area (TPSA) is 12.0 Å². The van der Waals surface area contributed by atoms with Gasteiger partial charge in [-0.2, -0.15) is 0 Å². The summed E-state index contributed by atoms with van der Waals surface area (Å²) in [4.78, 5) is 0. The first-order chi connectivity index (χ1) is 7.00. The van der Waals surface area contributed by atoms with Gasteiger partial charge in [-0.05, 0) is 36.0 Å². The number of rotatable bonds is 4. The van der Waals surface area contributed by atoms with E-state index in [0.29, 0.717) is 5.41 Å². The van der Waals surface area contributed by atoms with Crippen LogP contribution in [0.15, 0.2) is 12.2 Å². The molecular weight excluding hydrogens is 182 g/mol. The maximum atomic E-state index is 3.76. The van der Waals surface area contributed by atoms with Crippen molar-refractivity contribution in [1.82, 2.24) is 5.32 Å². The molecule has 2 aliphatic rings. The molecule has 1 N–H and O–H groups in total. The average molecular weight is 207 g/mol. The lowest BCUT2D eigenvalue weighted by molar-refractivity contribution is 0.134. The molecule has 0 aromatic rings. The Hall–Kier alpha value is -0.300. The minimum atomic E-state index is 0.424. The van der Waals surface area contributed by atoms with Crippen LogP contribution in [-0.4, -0.2) is 12.6 Å². The van der Waals surface area contributed by atoms with Crippen molar-refractivity contribution in [3.8, 4) is 0 Å². The molecule has 1 heteroatoms. The van der Waals surface area contributed by atoms with Crippen molar-refractivity contribution in [1.29, 1.82) is 0 Å². The summed E-state index contributed by atoms with van der Waals surface area (Å²) in [6, 6.07) is 0.770. The molecule has 1 fully saturated rings. The zero-order chi connectivity index (χ0) is 11.1. The van der Waals surface area contributed by atoms with Crippen LogP contribution in [0.3, 0.4) is 0 Å². The van der Waals surface area contributed by atoms with Crippen LogP contribution in [0, 0.1) is 23.2 Å². The first kappa shape index (κ1) is 11.2. The fourth-order valence-electron chi connectivity index (χ4n) is 2.55. The Morgan fingerprint density at radius 2 is 2.13 bits per heavy atom. The number of hydrogen-bond acceptors (Lipinski definition) is 1. The van der Waals surface area contributed by atoms with Crippen molar-refractivity contribution in [3.63, 3.8) is 0 Å². The fourth-order valence-corrected chi connectivity index (χ4v) is 2.55. The molecule has 0 aliphatic heterocycles. The van der Waals surface area contributed by atoms with E-state index in [9.17, 15) is 0 Å². The average Bonchev–Trinajstić information content (AvgIpc) is 2.47. The van der Waals surface area contributed by atoms with Gasteiger partial charge in [0, 0.05) is 12.6 Å². The van der Waals surface area contributed by atoms with Crippen LogP contribution >= 0.6 is 0 Å². The van der Waals surface area contributed by atoms with Gasteiger partial charge in [-0.3, -0.25) is 0 Å². The third-order valence-electron chi connectivity index (χ3n) is 4.75. The van der Waals surface area contributed by atoms with E-state index in [1.807, 2.05) is 0 Å². The largest absolute Gasteiger partial charge is 0.313 e. The molecule has 86 valence electrons. The van der Waals surface area contributed by atoms with Gasteiger partial charge in [0.25, 0.3) is 0 Å². The summed E-state index contributed by atoms with van der Waals surface area (Å²) in [5.74, 6) is 2.58. The van der Waals surface area contributed by atoms with Crippen molar-refractivity contribution in [2.75, 3.05) is 6.54 Å². The first-order valence-corrected chi connectivity index (χ1v) is 6.41. The summed E-state index contributed by atoms with van der Waals surface area (Å²) in [5, 5.41) is 3.76. The predicted molar refractivity (Wildman–Crippen MR) is 65.8 cm³/mol. The van der Waals surface area contributed by atoms with Crippen molar-refractivity contribution in [2.45, 2.75) is 46.6 Å². The highest BCUT2D eigenvalue weighted by atomic mass is 15.0. The lowest BCUT2D eigenvalue weighted by atomic mass is 9.70. The molecule has 3 atom stereocenters. The molecule has 0 aromatic heterocycles. The molecule has 1 nitrogen and oxygen atoms in total. The normalized spacial score (nSPS) is 34.3. The molecule has 0 spiro atoms. The zero-order valence-corrected chi connectivity index (χ0v) is 10.6. The summed E-state index contributed by atoms with van der Waals surface area (Å²) < 4.78 is 0. The van der Waals surface area contributed by atoms with Gasteiger partial charge in [0.05, 0.1) is 0 Å². The molecular formula is C14H25N. The predicted octanol–water partition coefficient (Wildman–Crippen LogP) is 3.22. The van der Waals surface area contributed by atoms with Crippen LogP contribution < -0.4 is 5.32 Å². The van der Waals surface area contributed by atoms with Gasteiger partial charge >= 0.3 is 0 Å². The second kappa shape index (κ2) is 3.93. The first-order valence-electron chi connectivity index (χ1n) is 6.41. The molecule has 2 rings (SSSR count). The smallest absolute Gasteiger partial charge is 0.0136 e. The minimum Gasteiger partial charge on any atom is -0.313 e. The summed E-state index contributed by atoms with van der Waals surface area (Å²) >= 11 is 0. The molecule has 0 amide bonds. The van der Waals surface area contributed by atoms with Crippen LogP contribution in [0.1, 0.15) is 40.5 Å². The number of hydrogen-bond donors (Lipinski definition) is 1. The molecule has 1 saturated carbocycles. The molecule has 0 radical (unpaired) electrons. The van der Waals surface area contributed by atoms with Crippen LogP contribution in [0.4, 0.5) is 0 Å². The Morgan fingerprint density at radius 1 is 1.40 bits per heavy atom. The molecule has 0 saturated heterocycles. The summed E-state index contributed by atoms with van der Waals surface area (Å²) in [6.07, 6.45) is 7.51. The second-order valence-corrected chi connectivity index (χ2v) is 6.37. The van der Waals surface area contributed by atoms with E-state index in [-0.39, 0.29) is 0 Å². The number of fused-ring (bicyclic) bond motifs is 1. The molecule has 2 aliphatic carbocycles. The van der Waals surface area contributed by atoms with Crippen molar-refractivity contribution in [3.05, 3.63) is 12.2 Å². The monoisotopic (exact) mass is 207 g/mol. The Morgan fingerprint density at radius 3 is 2.73 bits per heavy atom. The van der Waals surface area contributed by atoms with Gasteiger partial charge in [-0.25, -0.2) is 0 Å². The number of nitrogens with one attached hydrogen (secondary N) is 1. The van der Waals surface area contributed by atoms with Gasteiger partial charge in [-0.1, -0.05) is 39.8 Å². The summed E-state index contributed by atoms with van der Waals surface area (Å²) in [6.45, 7) is 10.5. The van der Waals surface area contributed by atoms with E-state index in [2.05, 4.69) is 45.2 Å². The van der Waals surface area contributed by atoms with E-state index in [0.717, 1.165) is 30.3 Å². The van der Waals surface area contributed by atoms with Gasteiger partial charge < -0.3 is 5.32 Å². The highest BCUT2D eigenvalue weighted by Gasteiger charge is 2.41. The van der Waals surface area contributed by atoms with Gasteiger partial charge in [-0.15, -0.1) is 0 Å². The number of allylic oxidation sites excluding steroid dienone is 1. The van der Waals surface area contributed by atoms with E-state index >= 15 is 0 Å². The molecule has 0 aromatic carbocycles. The van der Waals surface area contributed by atoms with Gasteiger partial charge in [0.1, 0.15) is 0 Å². The Bertz CT molecular complexity index is 252. The fraction of sp³-hybridized carbons (Fsp3) is 0.857. The molecule has 0 bridgehead atoms. The maximum absolute atomic E-state index is 3.76. The van der Waals surface area contributed by atoms with E-state index in [1.54, 1.807) is 0 Å². The van der Waals surface area contributed by atoms with Gasteiger partial charge in [0.15, 0.2) is 0 Å². The van der Waals surface area contributed by atoms with E-state index in [1.165, 1.54) is 12.8 Å². The van der Waals surface area contributed by atoms with Gasteiger partial charge in [0.2, 0.25) is 0 Å². The van der Waals surface area contributed by atoms with Crippen LogP contribution in [0.2, 0.25) is 0 Å². The molecule has 15 heavy (non-hydrogen) atoms. The second-order valence-electron chi connectivity index (χ2n) is 6.37. The highest BCUT2D eigenvalue weighted by Crippen LogP contribution is 2.43. The Kier molecular flexibility index (Phi) is 2.94. The third-order valence-corrected chi connectivity index (χ3v) is 4.75. The molecule has 0 heterocycles. The van der Waals surface area contributed by atoms with Crippen molar-refractivity contribution >= 4 is 0 Å². The molecule has 3 unspecified atom stereocenters. The zero-order valence-electron chi connectivity index (χ0n) is 10.6. The SMILES string of the molecule is CC(C)C(C)(C)CNC1CC2CC=CC21. The standard InChI is InChI=1S/C14H25N/c1-10(2)14(3,4)9-15-13-8-11-6-5-7-12(11)13/h5,7,10-13,15H,6,8-9H2,1-4H3. The lowest BCUT2D eigenvalue weighted by Gasteiger charge is -2.43. The van der Waals surface area contributed by atoms with Crippen molar-refractivity contribution in [2.24, 2.45) is 23.2 Å². The Balaban J connectivity index is 1.77. The Labute approximate surface area is 94.3 Å². The third kappa shape index (κ3) is 2.13.